The Morgan fingerprint density at radius 1 is 1.25 bits per heavy atom. The minimum Gasteiger partial charge on any atom is -0.350 e. The Balaban J connectivity index is 2.24. The lowest BCUT2D eigenvalue weighted by Crippen LogP contribution is -2.49. The van der Waals surface area contributed by atoms with Crippen molar-refractivity contribution in [3.63, 3.8) is 0 Å². The second-order valence-corrected chi connectivity index (χ2v) is 5.18. The number of amides is 1. The minimum atomic E-state index is -0.0333. The Morgan fingerprint density at radius 3 is 2.31 bits per heavy atom. The monoisotopic (exact) mass is 226 g/mol. The topological polar surface area (TPSA) is 41.1 Å². The average molecular weight is 226 g/mol. The molecule has 2 N–H and O–H groups in total. The molecule has 1 rings (SSSR count). The van der Waals surface area contributed by atoms with E-state index in [9.17, 15) is 4.79 Å². The highest BCUT2D eigenvalue weighted by Crippen LogP contribution is 2.17. The molecule has 0 saturated heterocycles. The third-order valence-electron chi connectivity index (χ3n) is 3.91. The van der Waals surface area contributed by atoms with Gasteiger partial charge in [-0.2, -0.15) is 0 Å². The van der Waals surface area contributed by atoms with Crippen molar-refractivity contribution in [2.24, 2.45) is 0 Å². The van der Waals surface area contributed by atoms with Gasteiger partial charge < -0.3 is 10.6 Å². The van der Waals surface area contributed by atoms with Crippen LogP contribution in [0, 0.1) is 0 Å². The van der Waals surface area contributed by atoms with Crippen LogP contribution in [0.3, 0.4) is 0 Å². The molecule has 0 radical (unpaired) electrons. The van der Waals surface area contributed by atoms with Crippen LogP contribution < -0.4 is 10.6 Å². The predicted molar refractivity (Wildman–Crippen MR) is 67.4 cm³/mol. The molecule has 0 unspecified atom stereocenters. The molecule has 0 atom stereocenters. The lowest BCUT2D eigenvalue weighted by atomic mass is 9.95. The molecular formula is C13H26N2O. The van der Waals surface area contributed by atoms with Gasteiger partial charge in [0.2, 0.25) is 5.91 Å². The van der Waals surface area contributed by atoms with E-state index in [2.05, 4.69) is 31.4 Å². The van der Waals surface area contributed by atoms with Gasteiger partial charge in [0, 0.05) is 11.6 Å². The van der Waals surface area contributed by atoms with Crippen molar-refractivity contribution in [3.8, 4) is 0 Å². The van der Waals surface area contributed by atoms with Gasteiger partial charge >= 0.3 is 0 Å². The zero-order valence-electron chi connectivity index (χ0n) is 10.9. The summed E-state index contributed by atoms with van der Waals surface area (Å²) in [5.41, 5.74) is -0.0333. The predicted octanol–water partition coefficient (Wildman–Crippen LogP) is 2.21. The van der Waals surface area contributed by atoms with Crippen molar-refractivity contribution in [3.05, 3.63) is 0 Å². The molecule has 0 spiro atoms. The van der Waals surface area contributed by atoms with Gasteiger partial charge in [-0.15, -0.1) is 0 Å². The molecule has 1 aliphatic rings. The lowest BCUT2D eigenvalue weighted by Gasteiger charge is -2.28. The molecule has 3 heteroatoms. The van der Waals surface area contributed by atoms with E-state index in [1.54, 1.807) is 0 Å². The number of hydrogen-bond acceptors (Lipinski definition) is 2. The molecule has 1 aliphatic carbocycles. The summed E-state index contributed by atoms with van der Waals surface area (Å²) in [5.74, 6) is 0.137. The van der Waals surface area contributed by atoms with Crippen LogP contribution in [0.15, 0.2) is 0 Å². The highest BCUT2D eigenvalue weighted by molar-refractivity contribution is 5.78. The van der Waals surface area contributed by atoms with Crippen LogP contribution in [0.2, 0.25) is 0 Å². The fourth-order valence-electron chi connectivity index (χ4n) is 2.17. The number of nitrogens with one attached hydrogen (secondary N) is 2. The molecule has 1 amide bonds. The van der Waals surface area contributed by atoms with Crippen LogP contribution in [0.5, 0.6) is 0 Å². The summed E-state index contributed by atoms with van der Waals surface area (Å²) in [4.78, 5) is 11.8. The number of carbonyl (C=O) groups excluding carboxylic acids is 1. The van der Waals surface area contributed by atoms with Gasteiger partial charge in [0.05, 0.1) is 6.54 Å². The van der Waals surface area contributed by atoms with Gasteiger partial charge in [0.25, 0.3) is 0 Å². The first-order valence-electron chi connectivity index (χ1n) is 6.64. The maximum Gasteiger partial charge on any atom is 0.234 e. The van der Waals surface area contributed by atoms with E-state index in [1.165, 1.54) is 25.7 Å². The van der Waals surface area contributed by atoms with Gasteiger partial charge in [0.1, 0.15) is 0 Å². The maximum absolute atomic E-state index is 11.8. The Hall–Kier alpha value is -0.570. The van der Waals surface area contributed by atoms with E-state index in [-0.39, 0.29) is 11.4 Å². The average Bonchev–Trinajstić information content (AvgIpc) is 2.79. The maximum atomic E-state index is 11.8. The van der Waals surface area contributed by atoms with Gasteiger partial charge in [-0.3, -0.25) is 4.79 Å². The van der Waals surface area contributed by atoms with Crippen LogP contribution in [0.4, 0.5) is 0 Å². The summed E-state index contributed by atoms with van der Waals surface area (Å²) < 4.78 is 0. The molecule has 16 heavy (non-hydrogen) atoms. The van der Waals surface area contributed by atoms with Crippen LogP contribution in [-0.2, 0) is 4.79 Å². The molecule has 0 heterocycles. The van der Waals surface area contributed by atoms with E-state index in [1.807, 2.05) is 0 Å². The van der Waals surface area contributed by atoms with Crippen molar-refractivity contribution >= 4 is 5.91 Å². The summed E-state index contributed by atoms with van der Waals surface area (Å²) in [5, 5.41) is 6.46. The summed E-state index contributed by atoms with van der Waals surface area (Å²) in [6, 6.07) is 0.570. The first-order chi connectivity index (χ1) is 7.59. The first-order valence-corrected chi connectivity index (χ1v) is 6.64. The third-order valence-corrected chi connectivity index (χ3v) is 3.91. The number of carbonyl (C=O) groups is 1. The molecule has 0 aromatic heterocycles. The Morgan fingerprint density at radius 2 is 1.81 bits per heavy atom. The standard InChI is InChI=1S/C13H26N2O/c1-4-13(3,5-2)15-12(16)10-14-11-8-6-7-9-11/h11,14H,4-10H2,1-3H3,(H,15,16). The zero-order chi connectivity index (χ0) is 12.0. The molecule has 0 aromatic carbocycles. The Bertz CT molecular complexity index is 218. The van der Waals surface area contributed by atoms with E-state index in [4.69, 9.17) is 0 Å². The SMILES string of the molecule is CCC(C)(CC)NC(=O)CNC1CCCC1. The van der Waals surface area contributed by atoms with Crippen molar-refractivity contribution in [1.82, 2.24) is 10.6 Å². The van der Waals surface area contributed by atoms with E-state index in [0.29, 0.717) is 12.6 Å². The first kappa shape index (κ1) is 13.5. The van der Waals surface area contributed by atoms with Gasteiger partial charge in [0.15, 0.2) is 0 Å². The van der Waals surface area contributed by atoms with E-state index in [0.717, 1.165) is 12.8 Å². The molecular weight excluding hydrogens is 200 g/mol. The van der Waals surface area contributed by atoms with Crippen molar-refractivity contribution in [2.45, 2.75) is 70.9 Å². The lowest BCUT2D eigenvalue weighted by molar-refractivity contribution is -0.122. The third kappa shape index (κ3) is 4.12. The van der Waals surface area contributed by atoms with E-state index < -0.39 is 0 Å². The fraction of sp³-hybridized carbons (Fsp3) is 0.923. The van der Waals surface area contributed by atoms with Crippen molar-refractivity contribution < 1.29 is 4.79 Å². The summed E-state index contributed by atoms with van der Waals surface area (Å²) in [7, 11) is 0. The van der Waals surface area contributed by atoms with Crippen LogP contribution >= 0.6 is 0 Å². The van der Waals surface area contributed by atoms with Gasteiger partial charge in [-0.25, -0.2) is 0 Å². The molecule has 0 aliphatic heterocycles. The van der Waals surface area contributed by atoms with Crippen LogP contribution in [0.25, 0.3) is 0 Å². The van der Waals surface area contributed by atoms with Crippen LogP contribution in [-0.4, -0.2) is 24.0 Å². The van der Waals surface area contributed by atoms with Crippen LogP contribution in [0.1, 0.15) is 59.3 Å². The molecule has 1 fully saturated rings. The Kier molecular flexibility index (Phi) is 5.26. The minimum absolute atomic E-state index is 0.0333. The quantitative estimate of drug-likeness (QED) is 0.729. The molecule has 1 saturated carbocycles. The highest BCUT2D eigenvalue weighted by atomic mass is 16.2. The smallest absolute Gasteiger partial charge is 0.234 e. The number of rotatable bonds is 6. The molecule has 3 nitrogen and oxygen atoms in total. The highest BCUT2D eigenvalue weighted by Gasteiger charge is 2.22. The largest absolute Gasteiger partial charge is 0.350 e. The van der Waals surface area contributed by atoms with Crippen molar-refractivity contribution in [1.29, 1.82) is 0 Å². The normalized spacial score (nSPS) is 17.7. The molecule has 0 aromatic rings. The number of hydrogen-bond donors (Lipinski definition) is 2. The van der Waals surface area contributed by atoms with Gasteiger partial charge in [-0.1, -0.05) is 26.7 Å². The van der Waals surface area contributed by atoms with Crippen molar-refractivity contribution in [2.75, 3.05) is 6.54 Å². The second kappa shape index (κ2) is 6.24. The summed E-state index contributed by atoms with van der Waals surface area (Å²) in [6.45, 7) is 6.82. The second-order valence-electron chi connectivity index (χ2n) is 5.18. The van der Waals surface area contributed by atoms with Gasteiger partial charge in [-0.05, 0) is 32.6 Å². The molecule has 0 bridgehead atoms. The fourth-order valence-corrected chi connectivity index (χ4v) is 2.17. The van der Waals surface area contributed by atoms with E-state index >= 15 is 0 Å². The summed E-state index contributed by atoms with van der Waals surface area (Å²) >= 11 is 0. The molecule has 94 valence electrons. The zero-order valence-corrected chi connectivity index (χ0v) is 10.9. The Labute approximate surface area is 99.4 Å². The summed E-state index contributed by atoms with van der Waals surface area (Å²) in [6.07, 6.45) is 7.04.